The number of thioether (sulfide) groups is 1. The maximum Gasteiger partial charge on any atom is 0.255 e. The lowest BCUT2D eigenvalue weighted by Crippen LogP contribution is -2.24. The lowest BCUT2D eigenvalue weighted by molar-refractivity contribution is 0.0952. The van der Waals surface area contributed by atoms with Crippen LogP contribution in [0.4, 0.5) is 5.69 Å². The Balaban J connectivity index is 2.07. The van der Waals surface area contributed by atoms with Gasteiger partial charge in [-0.25, -0.2) is 0 Å². The van der Waals surface area contributed by atoms with Crippen LogP contribution in [0.1, 0.15) is 34.1 Å². The van der Waals surface area contributed by atoms with Crippen LogP contribution in [-0.4, -0.2) is 24.6 Å². The summed E-state index contributed by atoms with van der Waals surface area (Å²) in [5.74, 6) is -0.323. The second kappa shape index (κ2) is 8.39. The van der Waals surface area contributed by atoms with Crippen molar-refractivity contribution >= 4 is 29.3 Å². The minimum absolute atomic E-state index is 0.132. The quantitative estimate of drug-likeness (QED) is 0.793. The van der Waals surface area contributed by atoms with Gasteiger partial charge in [-0.15, -0.1) is 11.8 Å². The minimum atomic E-state index is -0.191. The molecule has 0 aromatic heterocycles. The van der Waals surface area contributed by atoms with Crippen molar-refractivity contribution in [1.29, 1.82) is 0 Å². The number of benzene rings is 2. The predicted molar refractivity (Wildman–Crippen MR) is 95.2 cm³/mol. The van der Waals surface area contributed by atoms with Gasteiger partial charge >= 0.3 is 0 Å². The summed E-state index contributed by atoms with van der Waals surface area (Å²) in [5, 5.41) is 5.64. The van der Waals surface area contributed by atoms with Crippen LogP contribution in [0.5, 0.6) is 0 Å². The summed E-state index contributed by atoms with van der Waals surface area (Å²) in [5.41, 5.74) is 1.73. The average Bonchev–Trinajstić information content (AvgIpc) is 2.60. The Morgan fingerprint density at radius 2 is 1.74 bits per heavy atom. The van der Waals surface area contributed by atoms with E-state index in [0.717, 1.165) is 11.3 Å². The second-order valence-corrected chi connectivity index (χ2v) is 5.90. The first kappa shape index (κ1) is 17.1. The highest BCUT2D eigenvalue weighted by Gasteiger charge is 2.09. The van der Waals surface area contributed by atoms with Gasteiger partial charge in [-0.05, 0) is 55.1 Å². The number of nitrogens with one attached hydrogen (secondary N) is 2. The Labute approximate surface area is 140 Å². The molecule has 0 aliphatic heterocycles. The highest BCUT2D eigenvalue weighted by molar-refractivity contribution is 7.98. The molecule has 120 valence electrons. The van der Waals surface area contributed by atoms with Crippen molar-refractivity contribution in [3.05, 3.63) is 59.7 Å². The van der Waals surface area contributed by atoms with Crippen LogP contribution in [0, 0.1) is 0 Å². The zero-order valence-electron chi connectivity index (χ0n) is 13.3. The number of carbonyl (C=O) groups excluding carboxylic acids is 2. The van der Waals surface area contributed by atoms with E-state index < -0.39 is 0 Å². The molecule has 0 saturated carbocycles. The molecule has 2 rings (SSSR count). The summed E-state index contributed by atoms with van der Waals surface area (Å²) in [4.78, 5) is 25.3. The molecule has 2 amide bonds. The topological polar surface area (TPSA) is 58.2 Å². The fraction of sp³-hybridized carbons (Fsp3) is 0.222. The van der Waals surface area contributed by atoms with Gasteiger partial charge in [0.1, 0.15) is 0 Å². The first-order valence-electron chi connectivity index (χ1n) is 7.47. The van der Waals surface area contributed by atoms with E-state index in [1.807, 2.05) is 25.3 Å². The highest BCUT2D eigenvalue weighted by Crippen LogP contribution is 2.16. The molecule has 0 atom stereocenters. The van der Waals surface area contributed by atoms with Gasteiger partial charge in [0, 0.05) is 28.3 Å². The molecule has 0 aliphatic rings. The summed E-state index contributed by atoms with van der Waals surface area (Å²) < 4.78 is 0. The molecule has 23 heavy (non-hydrogen) atoms. The third kappa shape index (κ3) is 4.86. The van der Waals surface area contributed by atoms with Gasteiger partial charge in [0.25, 0.3) is 11.8 Å². The number of hydrogen-bond acceptors (Lipinski definition) is 3. The number of anilines is 1. The molecule has 2 aromatic carbocycles. The van der Waals surface area contributed by atoms with Crippen LogP contribution in [0.15, 0.2) is 53.4 Å². The van der Waals surface area contributed by atoms with Crippen molar-refractivity contribution in [2.45, 2.75) is 18.2 Å². The van der Waals surface area contributed by atoms with E-state index in [2.05, 4.69) is 10.6 Å². The number of carbonyl (C=O) groups is 2. The molecule has 0 saturated heterocycles. The van der Waals surface area contributed by atoms with Gasteiger partial charge in [-0.1, -0.05) is 13.0 Å². The molecular formula is C18H20N2O2S. The van der Waals surface area contributed by atoms with Crippen LogP contribution in [0.3, 0.4) is 0 Å². The number of rotatable bonds is 6. The van der Waals surface area contributed by atoms with Gasteiger partial charge in [-0.3, -0.25) is 9.59 Å². The Hall–Kier alpha value is -2.27. The maximum absolute atomic E-state index is 12.2. The van der Waals surface area contributed by atoms with E-state index in [1.54, 1.807) is 48.2 Å². The number of amides is 2. The SMILES string of the molecule is CCCNC(=O)c1cccc(NC(=O)c2ccc(SC)cc2)c1. The zero-order valence-corrected chi connectivity index (χ0v) is 14.1. The standard InChI is InChI=1S/C18H20N2O2S/c1-3-11-19-17(21)14-5-4-6-15(12-14)20-18(22)13-7-9-16(23-2)10-8-13/h4-10,12H,3,11H2,1-2H3,(H,19,21)(H,20,22). The monoisotopic (exact) mass is 328 g/mol. The Morgan fingerprint density at radius 3 is 2.39 bits per heavy atom. The molecule has 0 radical (unpaired) electrons. The fourth-order valence-corrected chi connectivity index (χ4v) is 2.43. The lowest BCUT2D eigenvalue weighted by Gasteiger charge is -2.08. The zero-order chi connectivity index (χ0) is 16.7. The van der Waals surface area contributed by atoms with E-state index in [1.165, 1.54) is 0 Å². The lowest BCUT2D eigenvalue weighted by atomic mass is 10.1. The molecule has 5 heteroatoms. The van der Waals surface area contributed by atoms with Crippen molar-refractivity contribution in [2.75, 3.05) is 18.1 Å². The molecule has 4 nitrogen and oxygen atoms in total. The van der Waals surface area contributed by atoms with Gasteiger partial charge in [-0.2, -0.15) is 0 Å². The third-order valence-electron chi connectivity index (χ3n) is 3.27. The summed E-state index contributed by atoms with van der Waals surface area (Å²) >= 11 is 1.63. The molecule has 0 heterocycles. The summed E-state index contributed by atoms with van der Waals surface area (Å²) in [6.07, 6.45) is 2.87. The smallest absolute Gasteiger partial charge is 0.255 e. The van der Waals surface area contributed by atoms with Gasteiger partial charge in [0.15, 0.2) is 0 Å². The van der Waals surface area contributed by atoms with Crippen LogP contribution in [0.2, 0.25) is 0 Å². The van der Waals surface area contributed by atoms with Crippen molar-refractivity contribution in [2.24, 2.45) is 0 Å². The first-order valence-corrected chi connectivity index (χ1v) is 8.70. The molecule has 2 aromatic rings. The van der Waals surface area contributed by atoms with Gasteiger partial charge < -0.3 is 10.6 Å². The normalized spacial score (nSPS) is 10.2. The number of hydrogen-bond donors (Lipinski definition) is 2. The largest absolute Gasteiger partial charge is 0.352 e. The van der Waals surface area contributed by atoms with E-state index in [0.29, 0.717) is 23.4 Å². The van der Waals surface area contributed by atoms with E-state index in [4.69, 9.17) is 0 Å². The van der Waals surface area contributed by atoms with Crippen molar-refractivity contribution in [1.82, 2.24) is 5.32 Å². The van der Waals surface area contributed by atoms with Crippen molar-refractivity contribution < 1.29 is 9.59 Å². The summed E-state index contributed by atoms with van der Waals surface area (Å²) in [6, 6.07) is 14.3. The van der Waals surface area contributed by atoms with Crippen LogP contribution in [-0.2, 0) is 0 Å². The Morgan fingerprint density at radius 1 is 1.00 bits per heavy atom. The Kier molecular flexibility index (Phi) is 6.23. The molecule has 0 spiro atoms. The van der Waals surface area contributed by atoms with E-state index in [9.17, 15) is 9.59 Å². The second-order valence-electron chi connectivity index (χ2n) is 5.02. The molecular weight excluding hydrogens is 308 g/mol. The van der Waals surface area contributed by atoms with Crippen LogP contribution in [0.25, 0.3) is 0 Å². The molecule has 0 unspecified atom stereocenters. The Bertz CT molecular complexity index is 684. The molecule has 0 aliphatic carbocycles. The average molecular weight is 328 g/mol. The maximum atomic E-state index is 12.2. The molecule has 0 bridgehead atoms. The molecule has 2 N–H and O–H groups in total. The third-order valence-corrected chi connectivity index (χ3v) is 4.01. The summed E-state index contributed by atoms with van der Waals surface area (Å²) in [6.45, 7) is 2.64. The van der Waals surface area contributed by atoms with Crippen LogP contribution < -0.4 is 10.6 Å². The highest BCUT2D eigenvalue weighted by atomic mass is 32.2. The summed E-state index contributed by atoms with van der Waals surface area (Å²) in [7, 11) is 0. The molecule has 0 fully saturated rings. The predicted octanol–water partition coefficient (Wildman–Crippen LogP) is 3.80. The van der Waals surface area contributed by atoms with Crippen LogP contribution >= 0.6 is 11.8 Å². The van der Waals surface area contributed by atoms with Crippen molar-refractivity contribution in [3.8, 4) is 0 Å². The fourth-order valence-electron chi connectivity index (χ4n) is 2.02. The minimum Gasteiger partial charge on any atom is -0.352 e. The van der Waals surface area contributed by atoms with Crippen molar-refractivity contribution in [3.63, 3.8) is 0 Å². The van der Waals surface area contributed by atoms with Gasteiger partial charge in [0.05, 0.1) is 0 Å². The van der Waals surface area contributed by atoms with E-state index >= 15 is 0 Å². The first-order chi connectivity index (χ1) is 11.1. The van der Waals surface area contributed by atoms with Gasteiger partial charge in [0.2, 0.25) is 0 Å². The van der Waals surface area contributed by atoms with E-state index in [-0.39, 0.29) is 11.8 Å².